The van der Waals surface area contributed by atoms with Gasteiger partial charge >= 0.3 is 18.0 Å². The van der Waals surface area contributed by atoms with Gasteiger partial charge in [0, 0.05) is 0 Å². The van der Waals surface area contributed by atoms with E-state index in [0.29, 0.717) is 6.42 Å². The summed E-state index contributed by atoms with van der Waals surface area (Å²) < 4.78 is 15.4. The zero-order chi connectivity index (χ0) is 24.8. The van der Waals surface area contributed by atoms with Crippen LogP contribution in [-0.4, -0.2) is 42.6 Å². The minimum absolute atomic E-state index is 0.0147. The van der Waals surface area contributed by atoms with Gasteiger partial charge in [0.15, 0.2) is 0 Å². The highest BCUT2D eigenvalue weighted by Crippen LogP contribution is 2.06. The van der Waals surface area contributed by atoms with Crippen molar-refractivity contribution in [2.45, 2.75) is 52.0 Å². The SMILES string of the molecule is CCCOC(=O)[C@@H](C)NC(=O)[C@H](CC(=O)OCc1ccccc1)NC(=O)OCc1ccccc1. The third kappa shape index (κ3) is 9.72. The molecule has 9 heteroatoms. The van der Waals surface area contributed by atoms with Gasteiger partial charge in [0.05, 0.1) is 13.0 Å². The summed E-state index contributed by atoms with van der Waals surface area (Å²) in [6.45, 7) is 3.52. The van der Waals surface area contributed by atoms with Gasteiger partial charge in [0.25, 0.3) is 0 Å². The number of esters is 2. The molecule has 0 aromatic heterocycles. The molecule has 2 amide bonds. The van der Waals surface area contributed by atoms with Crippen LogP contribution in [0.25, 0.3) is 0 Å². The van der Waals surface area contributed by atoms with Gasteiger partial charge in [-0.2, -0.15) is 0 Å². The third-order valence-electron chi connectivity index (χ3n) is 4.60. The Kier molecular flexibility index (Phi) is 11.1. The van der Waals surface area contributed by atoms with Gasteiger partial charge in [-0.15, -0.1) is 0 Å². The van der Waals surface area contributed by atoms with Gasteiger partial charge < -0.3 is 24.8 Å². The molecule has 0 unspecified atom stereocenters. The van der Waals surface area contributed by atoms with Crippen molar-refractivity contribution in [3.8, 4) is 0 Å². The first-order chi connectivity index (χ1) is 16.4. The molecule has 0 saturated heterocycles. The Balaban J connectivity index is 1.97. The number of carbonyl (C=O) groups excluding carboxylic acids is 4. The zero-order valence-corrected chi connectivity index (χ0v) is 19.3. The Hall–Kier alpha value is -3.88. The second-order valence-corrected chi connectivity index (χ2v) is 7.51. The van der Waals surface area contributed by atoms with Crippen molar-refractivity contribution in [1.29, 1.82) is 0 Å². The summed E-state index contributed by atoms with van der Waals surface area (Å²) in [6, 6.07) is 15.7. The molecule has 0 saturated carbocycles. The van der Waals surface area contributed by atoms with Crippen LogP contribution in [0.15, 0.2) is 60.7 Å². The number of hydrogen-bond donors (Lipinski definition) is 2. The Morgan fingerprint density at radius 3 is 1.91 bits per heavy atom. The fourth-order valence-electron chi connectivity index (χ4n) is 2.78. The van der Waals surface area contributed by atoms with E-state index >= 15 is 0 Å². The summed E-state index contributed by atoms with van der Waals surface area (Å²) in [7, 11) is 0. The summed E-state index contributed by atoms with van der Waals surface area (Å²) in [6.07, 6.45) is -0.700. The molecule has 0 aliphatic heterocycles. The first-order valence-corrected chi connectivity index (χ1v) is 11.0. The minimum atomic E-state index is -1.31. The van der Waals surface area contributed by atoms with Crippen LogP contribution in [0.5, 0.6) is 0 Å². The molecule has 2 aromatic carbocycles. The molecule has 0 spiro atoms. The minimum Gasteiger partial charge on any atom is -0.464 e. The number of amides is 2. The van der Waals surface area contributed by atoms with Gasteiger partial charge in [-0.25, -0.2) is 9.59 Å². The number of rotatable bonds is 12. The molecule has 2 atom stereocenters. The Morgan fingerprint density at radius 1 is 0.794 bits per heavy atom. The molecule has 0 bridgehead atoms. The molecule has 0 radical (unpaired) electrons. The van der Waals surface area contributed by atoms with Crippen molar-refractivity contribution in [3.05, 3.63) is 71.8 Å². The largest absolute Gasteiger partial charge is 0.464 e. The average molecular weight is 471 g/mol. The lowest BCUT2D eigenvalue weighted by Crippen LogP contribution is -2.52. The van der Waals surface area contributed by atoms with Gasteiger partial charge in [0.2, 0.25) is 5.91 Å². The van der Waals surface area contributed by atoms with Crippen molar-refractivity contribution >= 4 is 23.9 Å². The van der Waals surface area contributed by atoms with Crippen LogP contribution in [-0.2, 0) is 41.8 Å². The lowest BCUT2D eigenvalue weighted by molar-refractivity contribution is -0.148. The molecule has 2 N–H and O–H groups in total. The fraction of sp³-hybridized carbons (Fsp3) is 0.360. The maximum absolute atomic E-state index is 12.8. The Morgan fingerprint density at radius 2 is 1.35 bits per heavy atom. The zero-order valence-electron chi connectivity index (χ0n) is 19.3. The van der Waals surface area contributed by atoms with Crippen molar-refractivity contribution in [2.75, 3.05) is 6.61 Å². The van der Waals surface area contributed by atoms with Crippen molar-refractivity contribution in [2.24, 2.45) is 0 Å². The lowest BCUT2D eigenvalue weighted by atomic mass is 10.1. The van der Waals surface area contributed by atoms with E-state index in [4.69, 9.17) is 14.2 Å². The van der Waals surface area contributed by atoms with Crippen LogP contribution in [0.4, 0.5) is 4.79 Å². The maximum atomic E-state index is 12.8. The van der Waals surface area contributed by atoms with E-state index in [9.17, 15) is 19.2 Å². The molecule has 34 heavy (non-hydrogen) atoms. The summed E-state index contributed by atoms with van der Waals surface area (Å²) in [5.74, 6) is -2.06. The number of alkyl carbamates (subject to hydrolysis) is 1. The van der Waals surface area contributed by atoms with Crippen LogP contribution < -0.4 is 10.6 Å². The molecule has 0 fully saturated rings. The predicted molar refractivity (Wildman–Crippen MR) is 123 cm³/mol. The van der Waals surface area contributed by atoms with E-state index in [1.54, 1.807) is 36.4 Å². The number of benzene rings is 2. The average Bonchev–Trinajstić information content (AvgIpc) is 2.85. The van der Waals surface area contributed by atoms with Crippen molar-refractivity contribution in [1.82, 2.24) is 10.6 Å². The highest BCUT2D eigenvalue weighted by atomic mass is 16.6. The number of carbonyl (C=O) groups is 4. The van der Waals surface area contributed by atoms with E-state index in [0.717, 1.165) is 11.1 Å². The third-order valence-corrected chi connectivity index (χ3v) is 4.60. The molecule has 0 aliphatic rings. The standard InChI is InChI=1S/C25H30N2O7/c1-3-14-32-24(30)18(2)26-23(29)21(15-22(28)33-16-19-10-6-4-7-11-19)27-25(31)34-17-20-12-8-5-9-13-20/h4-13,18,21H,3,14-17H2,1-2H3,(H,26,29)(H,27,31)/t18-,21+/m1/s1. The smallest absolute Gasteiger partial charge is 0.408 e. The molecule has 0 heterocycles. The lowest BCUT2D eigenvalue weighted by Gasteiger charge is -2.20. The number of hydrogen-bond acceptors (Lipinski definition) is 7. The second-order valence-electron chi connectivity index (χ2n) is 7.51. The van der Waals surface area contributed by atoms with E-state index < -0.39 is 42.4 Å². The van der Waals surface area contributed by atoms with Crippen LogP contribution in [0.1, 0.15) is 37.8 Å². The van der Waals surface area contributed by atoms with E-state index in [2.05, 4.69) is 10.6 Å². The molecule has 2 aromatic rings. The first-order valence-electron chi connectivity index (χ1n) is 11.0. The summed E-state index contributed by atoms with van der Waals surface area (Å²) in [4.78, 5) is 49.4. The van der Waals surface area contributed by atoms with E-state index in [-0.39, 0.29) is 19.8 Å². The number of nitrogens with one attached hydrogen (secondary N) is 2. The van der Waals surface area contributed by atoms with Gasteiger partial charge in [-0.3, -0.25) is 9.59 Å². The van der Waals surface area contributed by atoms with Crippen LogP contribution in [0.2, 0.25) is 0 Å². The first kappa shape index (κ1) is 26.4. The van der Waals surface area contributed by atoms with Gasteiger partial charge in [0.1, 0.15) is 25.3 Å². The Bertz CT molecular complexity index is 877. The predicted octanol–water partition coefficient (Wildman–Crippen LogP) is 2.87. The second kappa shape index (κ2) is 14.3. The maximum Gasteiger partial charge on any atom is 0.408 e. The molecule has 182 valence electrons. The monoisotopic (exact) mass is 470 g/mol. The molecule has 2 rings (SSSR count). The topological polar surface area (TPSA) is 120 Å². The molecule has 0 aliphatic carbocycles. The number of ether oxygens (including phenoxy) is 3. The Labute approximate surface area is 198 Å². The highest BCUT2D eigenvalue weighted by Gasteiger charge is 2.28. The van der Waals surface area contributed by atoms with E-state index in [1.807, 2.05) is 31.2 Å². The summed E-state index contributed by atoms with van der Waals surface area (Å²) in [5, 5.41) is 4.83. The molecule has 9 nitrogen and oxygen atoms in total. The van der Waals surface area contributed by atoms with Crippen LogP contribution in [0, 0.1) is 0 Å². The van der Waals surface area contributed by atoms with Crippen molar-refractivity contribution < 1.29 is 33.4 Å². The molecular formula is C25H30N2O7. The van der Waals surface area contributed by atoms with Gasteiger partial charge in [-0.1, -0.05) is 67.6 Å². The molecular weight excluding hydrogens is 440 g/mol. The van der Waals surface area contributed by atoms with Crippen LogP contribution in [0.3, 0.4) is 0 Å². The quantitative estimate of drug-likeness (QED) is 0.361. The highest BCUT2D eigenvalue weighted by molar-refractivity contribution is 5.92. The van der Waals surface area contributed by atoms with Crippen molar-refractivity contribution in [3.63, 3.8) is 0 Å². The fourth-order valence-corrected chi connectivity index (χ4v) is 2.78. The normalized spacial score (nSPS) is 12.1. The summed E-state index contributed by atoms with van der Waals surface area (Å²) in [5.41, 5.74) is 1.53. The summed E-state index contributed by atoms with van der Waals surface area (Å²) >= 11 is 0. The van der Waals surface area contributed by atoms with Crippen LogP contribution >= 0.6 is 0 Å². The van der Waals surface area contributed by atoms with Gasteiger partial charge in [-0.05, 0) is 24.5 Å². The van der Waals surface area contributed by atoms with E-state index in [1.165, 1.54) is 6.92 Å².